The van der Waals surface area contributed by atoms with Crippen molar-refractivity contribution in [1.82, 2.24) is 19.7 Å². The standard InChI is InChI=1S/C15H19N5O2S/c1-15(2,3)13-12(9-20(4)18-13)23(21,22)19-14-16-10-7-5-6-8-11(10)17-14/h5-9H,1-4H3,(H2,16,17,19). The summed E-state index contributed by atoms with van der Waals surface area (Å²) in [5.74, 6) is 0.190. The van der Waals surface area contributed by atoms with Gasteiger partial charge in [-0.1, -0.05) is 32.9 Å². The molecule has 0 fully saturated rings. The zero-order chi connectivity index (χ0) is 16.8. The summed E-state index contributed by atoms with van der Waals surface area (Å²) in [5.41, 5.74) is 1.60. The van der Waals surface area contributed by atoms with Crippen LogP contribution in [-0.2, 0) is 22.5 Å². The molecule has 2 heterocycles. The summed E-state index contributed by atoms with van der Waals surface area (Å²) in [7, 11) is -2.08. The largest absolute Gasteiger partial charge is 0.323 e. The van der Waals surface area contributed by atoms with E-state index in [1.807, 2.05) is 45.0 Å². The van der Waals surface area contributed by atoms with Crippen LogP contribution in [0.4, 0.5) is 5.95 Å². The maximum atomic E-state index is 12.7. The number of anilines is 1. The first-order valence-corrected chi connectivity index (χ1v) is 8.67. The van der Waals surface area contributed by atoms with E-state index in [0.29, 0.717) is 11.2 Å². The fourth-order valence-electron chi connectivity index (χ4n) is 2.37. The Labute approximate surface area is 134 Å². The van der Waals surface area contributed by atoms with Crippen LogP contribution in [-0.4, -0.2) is 28.2 Å². The predicted molar refractivity (Wildman–Crippen MR) is 88.8 cm³/mol. The maximum absolute atomic E-state index is 12.7. The molecule has 0 radical (unpaired) electrons. The van der Waals surface area contributed by atoms with Crippen LogP contribution in [0.25, 0.3) is 11.0 Å². The van der Waals surface area contributed by atoms with Crippen molar-refractivity contribution in [1.29, 1.82) is 0 Å². The smallest absolute Gasteiger partial charge is 0.267 e. The van der Waals surface area contributed by atoms with Crippen molar-refractivity contribution >= 4 is 27.0 Å². The van der Waals surface area contributed by atoms with Crippen LogP contribution >= 0.6 is 0 Å². The molecule has 3 aromatic rings. The van der Waals surface area contributed by atoms with Crippen molar-refractivity contribution < 1.29 is 8.42 Å². The molecular weight excluding hydrogens is 314 g/mol. The molecule has 0 saturated heterocycles. The van der Waals surface area contributed by atoms with Crippen LogP contribution in [0.5, 0.6) is 0 Å². The molecule has 8 heteroatoms. The monoisotopic (exact) mass is 333 g/mol. The summed E-state index contributed by atoms with van der Waals surface area (Å²) in [5, 5.41) is 4.30. The summed E-state index contributed by atoms with van der Waals surface area (Å²) in [4.78, 5) is 7.37. The number of nitrogens with one attached hydrogen (secondary N) is 2. The van der Waals surface area contributed by atoms with Crippen molar-refractivity contribution in [3.05, 3.63) is 36.2 Å². The fourth-order valence-corrected chi connectivity index (χ4v) is 3.72. The van der Waals surface area contributed by atoms with Crippen LogP contribution in [0.3, 0.4) is 0 Å². The molecule has 3 rings (SSSR count). The van der Waals surface area contributed by atoms with Gasteiger partial charge in [0.1, 0.15) is 4.90 Å². The number of nitrogens with zero attached hydrogens (tertiary/aromatic N) is 3. The number of rotatable bonds is 3. The normalized spacial score (nSPS) is 12.7. The maximum Gasteiger partial charge on any atom is 0.267 e. The molecule has 0 aliphatic carbocycles. The number of imidazole rings is 1. The third kappa shape index (κ3) is 2.94. The molecule has 23 heavy (non-hydrogen) atoms. The lowest BCUT2D eigenvalue weighted by molar-refractivity contribution is 0.538. The fraction of sp³-hybridized carbons (Fsp3) is 0.333. The SMILES string of the molecule is Cn1cc(S(=O)(=O)Nc2nc3ccccc3[nH]2)c(C(C)(C)C)n1. The minimum atomic E-state index is -3.78. The second kappa shape index (κ2) is 5.09. The number of aromatic nitrogens is 4. The Kier molecular flexibility index (Phi) is 3.44. The lowest BCUT2D eigenvalue weighted by Crippen LogP contribution is -2.20. The second-order valence-corrected chi connectivity index (χ2v) is 8.12. The van der Waals surface area contributed by atoms with Crippen molar-refractivity contribution in [2.24, 2.45) is 7.05 Å². The van der Waals surface area contributed by atoms with Gasteiger partial charge in [-0.25, -0.2) is 18.1 Å². The molecule has 0 saturated carbocycles. The Morgan fingerprint density at radius 1 is 1.22 bits per heavy atom. The minimum Gasteiger partial charge on any atom is -0.323 e. The molecule has 0 spiro atoms. The number of sulfonamides is 1. The van der Waals surface area contributed by atoms with Crippen molar-refractivity contribution in [2.75, 3.05) is 4.72 Å². The van der Waals surface area contributed by atoms with E-state index in [2.05, 4.69) is 19.8 Å². The molecule has 0 aliphatic heterocycles. The highest BCUT2D eigenvalue weighted by Crippen LogP contribution is 2.28. The Morgan fingerprint density at radius 2 is 1.91 bits per heavy atom. The Morgan fingerprint density at radius 3 is 2.57 bits per heavy atom. The average Bonchev–Trinajstić information content (AvgIpc) is 3.00. The van der Waals surface area contributed by atoms with E-state index in [-0.39, 0.29) is 16.3 Å². The highest BCUT2D eigenvalue weighted by atomic mass is 32.2. The van der Waals surface area contributed by atoms with E-state index in [4.69, 9.17) is 0 Å². The number of aryl methyl sites for hydroxylation is 1. The van der Waals surface area contributed by atoms with Crippen LogP contribution in [0, 0.1) is 0 Å². The lowest BCUT2D eigenvalue weighted by Gasteiger charge is -2.17. The number of para-hydroxylation sites is 2. The Hall–Kier alpha value is -2.35. The summed E-state index contributed by atoms with van der Waals surface area (Å²) in [6, 6.07) is 7.36. The van der Waals surface area contributed by atoms with Gasteiger partial charge in [-0.15, -0.1) is 0 Å². The first-order valence-electron chi connectivity index (χ1n) is 7.18. The van der Waals surface area contributed by atoms with Gasteiger partial charge >= 0.3 is 0 Å². The molecule has 0 bridgehead atoms. The molecule has 2 N–H and O–H groups in total. The highest BCUT2D eigenvalue weighted by molar-refractivity contribution is 7.92. The van der Waals surface area contributed by atoms with E-state index >= 15 is 0 Å². The first kappa shape index (κ1) is 15.5. The van der Waals surface area contributed by atoms with Gasteiger partial charge in [0.05, 0.1) is 16.7 Å². The zero-order valence-electron chi connectivity index (χ0n) is 13.5. The molecule has 1 aromatic carbocycles. The van der Waals surface area contributed by atoms with Gasteiger partial charge in [0.2, 0.25) is 5.95 Å². The minimum absolute atomic E-state index is 0.160. The highest BCUT2D eigenvalue weighted by Gasteiger charge is 2.30. The van der Waals surface area contributed by atoms with E-state index in [1.165, 1.54) is 10.9 Å². The number of aromatic amines is 1. The molecule has 122 valence electrons. The third-order valence-corrected chi connectivity index (χ3v) is 4.76. The van der Waals surface area contributed by atoms with Gasteiger partial charge < -0.3 is 4.98 Å². The zero-order valence-corrected chi connectivity index (χ0v) is 14.3. The van der Waals surface area contributed by atoms with Gasteiger partial charge in [0.25, 0.3) is 10.0 Å². The summed E-state index contributed by atoms with van der Waals surface area (Å²) < 4.78 is 29.5. The molecule has 0 atom stereocenters. The van der Waals surface area contributed by atoms with E-state index < -0.39 is 10.0 Å². The van der Waals surface area contributed by atoms with E-state index in [0.717, 1.165) is 5.52 Å². The second-order valence-electron chi connectivity index (χ2n) is 6.47. The quantitative estimate of drug-likeness (QED) is 0.770. The molecular formula is C15H19N5O2S. The van der Waals surface area contributed by atoms with Crippen molar-refractivity contribution in [3.8, 4) is 0 Å². The number of hydrogen-bond acceptors (Lipinski definition) is 4. The summed E-state index contributed by atoms with van der Waals surface area (Å²) in [6.45, 7) is 5.78. The van der Waals surface area contributed by atoms with Crippen molar-refractivity contribution in [2.45, 2.75) is 31.1 Å². The van der Waals surface area contributed by atoms with Gasteiger partial charge in [0, 0.05) is 18.7 Å². The molecule has 7 nitrogen and oxygen atoms in total. The van der Waals surface area contributed by atoms with E-state index in [1.54, 1.807) is 7.05 Å². The van der Waals surface area contributed by atoms with Gasteiger partial charge in [-0.3, -0.25) is 4.68 Å². The van der Waals surface area contributed by atoms with Crippen LogP contribution in [0.15, 0.2) is 35.4 Å². The molecule has 0 unspecified atom stereocenters. The van der Waals surface area contributed by atoms with Gasteiger partial charge in [0.15, 0.2) is 0 Å². The topological polar surface area (TPSA) is 92.7 Å². The Bertz CT molecular complexity index is 930. The van der Waals surface area contributed by atoms with Gasteiger partial charge in [-0.05, 0) is 12.1 Å². The number of fused-ring (bicyclic) bond motifs is 1. The molecule has 0 aliphatic rings. The van der Waals surface area contributed by atoms with Gasteiger partial charge in [-0.2, -0.15) is 5.10 Å². The number of benzene rings is 1. The van der Waals surface area contributed by atoms with Crippen LogP contribution < -0.4 is 4.72 Å². The summed E-state index contributed by atoms with van der Waals surface area (Å²) in [6.07, 6.45) is 1.51. The Balaban J connectivity index is 2.02. The van der Waals surface area contributed by atoms with Crippen molar-refractivity contribution in [3.63, 3.8) is 0 Å². The number of H-pyrrole nitrogens is 1. The first-order chi connectivity index (χ1) is 10.7. The molecule has 2 aromatic heterocycles. The predicted octanol–water partition coefficient (Wildman–Crippen LogP) is 2.39. The average molecular weight is 333 g/mol. The molecule has 0 amide bonds. The van der Waals surface area contributed by atoms with Crippen LogP contribution in [0.2, 0.25) is 0 Å². The van der Waals surface area contributed by atoms with E-state index in [9.17, 15) is 8.42 Å². The summed E-state index contributed by atoms with van der Waals surface area (Å²) >= 11 is 0. The number of hydrogen-bond donors (Lipinski definition) is 2. The third-order valence-electron chi connectivity index (χ3n) is 3.42. The lowest BCUT2D eigenvalue weighted by atomic mass is 9.92. The van der Waals surface area contributed by atoms with Crippen LogP contribution in [0.1, 0.15) is 26.5 Å².